The highest BCUT2D eigenvalue weighted by Gasteiger charge is 2.44. The first-order chi connectivity index (χ1) is 41.7. The molecule has 85 heavy (non-hydrogen) atoms. The first-order valence-electron chi connectivity index (χ1n) is 36.2. The van der Waals surface area contributed by atoms with Crippen LogP contribution in [0.5, 0.6) is 0 Å². The van der Waals surface area contributed by atoms with Crippen molar-refractivity contribution in [3.63, 3.8) is 0 Å². The summed E-state index contributed by atoms with van der Waals surface area (Å²) < 4.78 is 11.2. The molecule has 498 valence electrons. The number of allylic oxidation sites excluding steroid dienone is 10. The van der Waals surface area contributed by atoms with E-state index in [-0.39, 0.29) is 12.8 Å². The molecule has 1 heterocycles. The van der Waals surface area contributed by atoms with Crippen molar-refractivity contribution in [3.8, 4) is 0 Å². The number of carbonyl (C=O) groups is 1. The van der Waals surface area contributed by atoms with E-state index in [4.69, 9.17) is 9.47 Å². The Balaban J connectivity index is 2.21. The van der Waals surface area contributed by atoms with Crippen LogP contribution < -0.4 is 5.32 Å². The molecule has 1 saturated heterocycles. The Morgan fingerprint density at radius 3 is 1.12 bits per heavy atom. The molecule has 0 aromatic carbocycles. The van der Waals surface area contributed by atoms with Gasteiger partial charge in [-0.1, -0.05) is 299 Å². The second kappa shape index (κ2) is 62.0. The Morgan fingerprint density at radius 1 is 0.412 bits per heavy atom. The summed E-state index contributed by atoms with van der Waals surface area (Å²) in [6, 6.07) is -1.20. The fourth-order valence-electron chi connectivity index (χ4n) is 11.4. The molecule has 0 saturated carbocycles. The number of hydrogen-bond acceptors (Lipinski definition) is 10. The monoisotopic (exact) mass is 1200 g/mol. The Labute approximate surface area is 522 Å². The molecule has 0 spiro atoms. The number of ether oxygens (including phenoxy) is 2. The van der Waals surface area contributed by atoms with Gasteiger partial charge in [0.2, 0.25) is 5.91 Å². The molecular formula is C74H137NO10. The second-order valence-electron chi connectivity index (χ2n) is 25.3. The largest absolute Gasteiger partial charge is 0.394 e. The number of unbranched alkanes of at least 4 members (excludes halogenated alkanes) is 41. The number of nitrogens with one attached hydrogen (secondary N) is 1. The maximum atomic E-state index is 13.3. The Kier molecular flexibility index (Phi) is 59.0. The first kappa shape index (κ1) is 80.8. The van der Waals surface area contributed by atoms with Crippen LogP contribution >= 0.6 is 0 Å². The first-order valence-corrected chi connectivity index (χ1v) is 36.2. The fourth-order valence-corrected chi connectivity index (χ4v) is 11.4. The van der Waals surface area contributed by atoms with Gasteiger partial charge in [-0.3, -0.25) is 4.79 Å². The highest BCUT2D eigenvalue weighted by atomic mass is 16.7. The van der Waals surface area contributed by atoms with Crippen LogP contribution in [0.1, 0.15) is 335 Å². The lowest BCUT2D eigenvalue weighted by molar-refractivity contribution is -0.303. The molecule has 1 aliphatic rings. The van der Waals surface area contributed by atoms with Crippen molar-refractivity contribution in [3.05, 3.63) is 60.8 Å². The number of rotatable bonds is 63. The molecule has 11 nitrogen and oxygen atoms in total. The van der Waals surface area contributed by atoms with Crippen molar-refractivity contribution in [2.24, 2.45) is 0 Å². The SMILES string of the molecule is CCCCCCCCCCCCC/C=C\C/C=C\CCCCCCCCCCCCCCCCCCC(O)C(=O)NC(COC1OC(CO)C(O)C(O)C1O)C(O)C(O)CCC/C=C/CC/C=C/CC/C=C/CCCCCCCCCCCCC. The van der Waals surface area contributed by atoms with Crippen molar-refractivity contribution in [1.82, 2.24) is 5.32 Å². The summed E-state index contributed by atoms with van der Waals surface area (Å²) in [4.78, 5) is 13.3. The lowest BCUT2D eigenvalue weighted by atomic mass is 9.98. The Bertz CT molecular complexity index is 1570. The van der Waals surface area contributed by atoms with Crippen LogP contribution in [0, 0.1) is 0 Å². The normalized spacial score (nSPS) is 19.2. The van der Waals surface area contributed by atoms with Gasteiger partial charge in [0, 0.05) is 0 Å². The maximum absolute atomic E-state index is 13.3. The van der Waals surface area contributed by atoms with E-state index in [0.29, 0.717) is 19.3 Å². The van der Waals surface area contributed by atoms with Crippen LogP contribution in [0.4, 0.5) is 0 Å². The standard InChI is InChI=1S/C74H137NO10/c1-3-5-7-9-11-13-15-17-19-21-23-25-27-29-30-31-32-33-34-35-36-37-38-40-42-44-46-48-50-52-54-56-58-60-62-67(78)73(83)75-65(64-84-74-72(82)71(81)70(80)68(63-76)85-74)69(79)66(77)61-59-57-55-53-51-49-47-45-43-41-39-28-26-24-22-20-18-16-14-12-10-8-6-4-2/h27-29,31-32,39,45,47,53,55,65-72,74,76-82H,3-26,30,33-38,40-44,46,48-52,54,56-64H2,1-2H3,(H,75,83)/b29-27-,32-31-,39-28+,47-45+,55-53+. The van der Waals surface area contributed by atoms with Gasteiger partial charge in [-0.05, 0) is 96.3 Å². The van der Waals surface area contributed by atoms with Crippen molar-refractivity contribution in [2.75, 3.05) is 13.2 Å². The van der Waals surface area contributed by atoms with Crippen molar-refractivity contribution >= 4 is 5.91 Å². The fraction of sp³-hybridized carbons (Fsp3) is 0.851. The molecule has 0 bridgehead atoms. The number of hydrogen-bond donors (Lipinski definition) is 8. The zero-order valence-corrected chi connectivity index (χ0v) is 55.1. The van der Waals surface area contributed by atoms with E-state index in [1.165, 1.54) is 238 Å². The number of aliphatic hydroxyl groups is 7. The van der Waals surface area contributed by atoms with Crippen LogP contribution in [0.2, 0.25) is 0 Å². The highest BCUT2D eigenvalue weighted by molar-refractivity contribution is 5.80. The molecule has 1 rings (SSSR count). The molecule has 1 aliphatic heterocycles. The van der Waals surface area contributed by atoms with Crippen LogP contribution in [-0.2, 0) is 14.3 Å². The third-order valence-corrected chi connectivity index (χ3v) is 17.2. The number of aliphatic hydroxyl groups excluding tert-OH is 7. The van der Waals surface area contributed by atoms with E-state index < -0.39 is 74.2 Å². The van der Waals surface area contributed by atoms with E-state index >= 15 is 0 Å². The van der Waals surface area contributed by atoms with Crippen LogP contribution in [-0.4, -0.2) is 110 Å². The third-order valence-electron chi connectivity index (χ3n) is 17.2. The van der Waals surface area contributed by atoms with E-state index in [1.54, 1.807) is 0 Å². The Hall–Kier alpha value is -2.19. The van der Waals surface area contributed by atoms with E-state index in [1.807, 2.05) is 0 Å². The molecular weight excluding hydrogens is 1060 g/mol. The highest BCUT2D eigenvalue weighted by Crippen LogP contribution is 2.24. The minimum absolute atomic E-state index is 0.240. The van der Waals surface area contributed by atoms with E-state index in [2.05, 4.69) is 79.9 Å². The van der Waals surface area contributed by atoms with Gasteiger partial charge in [0.15, 0.2) is 6.29 Å². The zero-order valence-electron chi connectivity index (χ0n) is 55.1. The van der Waals surface area contributed by atoms with Gasteiger partial charge in [0.1, 0.15) is 36.6 Å². The molecule has 1 amide bonds. The molecule has 9 atom stereocenters. The molecule has 0 aliphatic carbocycles. The minimum Gasteiger partial charge on any atom is -0.394 e. The molecule has 0 radical (unpaired) electrons. The molecule has 0 aromatic rings. The van der Waals surface area contributed by atoms with Gasteiger partial charge in [-0.2, -0.15) is 0 Å². The van der Waals surface area contributed by atoms with Gasteiger partial charge in [-0.25, -0.2) is 0 Å². The van der Waals surface area contributed by atoms with E-state index in [9.17, 15) is 40.5 Å². The Morgan fingerprint density at radius 2 is 0.741 bits per heavy atom. The van der Waals surface area contributed by atoms with Crippen LogP contribution in [0.3, 0.4) is 0 Å². The van der Waals surface area contributed by atoms with Gasteiger partial charge in [0.25, 0.3) is 0 Å². The quantitative estimate of drug-likeness (QED) is 0.0215. The van der Waals surface area contributed by atoms with Gasteiger partial charge in [-0.15, -0.1) is 0 Å². The van der Waals surface area contributed by atoms with Crippen LogP contribution in [0.25, 0.3) is 0 Å². The lowest BCUT2D eigenvalue weighted by Gasteiger charge is -2.40. The van der Waals surface area contributed by atoms with Crippen molar-refractivity contribution in [1.29, 1.82) is 0 Å². The summed E-state index contributed by atoms with van der Waals surface area (Å²) in [5.74, 6) is -0.709. The average Bonchev–Trinajstić information content (AvgIpc) is 3.67. The summed E-state index contributed by atoms with van der Waals surface area (Å²) in [6.45, 7) is 3.48. The zero-order chi connectivity index (χ0) is 61.7. The summed E-state index contributed by atoms with van der Waals surface area (Å²) in [5, 5.41) is 76.5. The predicted octanol–water partition coefficient (Wildman–Crippen LogP) is 17.7. The van der Waals surface area contributed by atoms with Crippen molar-refractivity contribution < 1.29 is 50.0 Å². The average molecular weight is 1200 g/mol. The third kappa shape index (κ3) is 49.3. The van der Waals surface area contributed by atoms with E-state index in [0.717, 1.165) is 51.4 Å². The second-order valence-corrected chi connectivity index (χ2v) is 25.3. The topological polar surface area (TPSA) is 189 Å². The van der Waals surface area contributed by atoms with Gasteiger partial charge < -0.3 is 50.5 Å². The maximum Gasteiger partial charge on any atom is 0.249 e. The number of amides is 1. The smallest absolute Gasteiger partial charge is 0.249 e. The van der Waals surface area contributed by atoms with Crippen LogP contribution in [0.15, 0.2) is 60.8 Å². The molecule has 9 unspecified atom stereocenters. The van der Waals surface area contributed by atoms with Gasteiger partial charge >= 0.3 is 0 Å². The molecule has 8 N–H and O–H groups in total. The van der Waals surface area contributed by atoms with Gasteiger partial charge in [0.05, 0.1) is 25.4 Å². The summed E-state index contributed by atoms with van der Waals surface area (Å²) in [7, 11) is 0. The summed E-state index contributed by atoms with van der Waals surface area (Å²) in [5.41, 5.74) is 0. The summed E-state index contributed by atoms with van der Waals surface area (Å²) >= 11 is 0. The molecule has 1 fully saturated rings. The summed E-state index contributed by atoms with van der Waals surface area (Å²) in [6.07, 6.45) is 71.7. The molecule has 0 aromatic heterocycles. The molecule has 11 heteroatoms. The predicted molar refractivity (Wildman–Crippen MR) is 358 cm³/mol. The lowest BCUT2D eigenvalue weighted by Crippen LogP contribution is -2.60. The number of carbonyl (C=O) groups excluding carboxylic acids is 1. The van der Waals surface area contributed by atoms with Crippen molar-refractivity contribution in [2.45, 2.75) is 390 Å². The minimum atomic E-state index is -1.68.